The molecule has 3 nitrogen and oxygen atoms in total. The molecule has 0 saturated heterocycles. The van der Waals surface area contributed by atoms with Gasteiger partial charge in [-0.15, -0.1) is 11.8 Å². The fraction of sp³-hybridized carbons (Fsp3) is 0.533. The second kappa shape index (κ2) is 8.99. The molecular weight excluding hydrogens is 258 g/mol. The maximum Gasteiger partial charge on any atom is 0.308 e. The first-order valence-corrected chi connectivity index (χ1v) is 7.69. The molecule has 1 rings (SSSR count). The first kappa shape index (κ1) is 16.1. The zero-order chi connectivity index (χ0) is 14.1. The van der Waals surface area contributed by atoms with Crippen LogP contribution in [0.5, 0.6) is 0 Å². The summed E-state index contributed by atoms with van der Waals surface area (Å²) < 4.78 is 0. The van der Waals surface area contributed by atoms with Crippen molar-refractivity contribution in [1.82, 2.24) is 5.32 Å². The van der Waals surface area contributed by atoms with Crippen molar-refractivity contribution < 1.29 is 9.90 Å². The highest BCUT2D eigenvalue weighted by atomic mass is 32.2. The minimum Gasteiger partial charge on any atom is -0.481 e. The summed E-state index contributed by atoms with van der Waals surface area (Å²) in [6.45, 7) is 5.77. The summed E-state index contributed by atoms with van der Waals surface area (Å²) >= 11 is 1.60. The van der Waals surface area contributed by atoms with Crippen LogP contribution in [0.1, 0.15) is 20.3 Å². The predicted octanol–water partition coefficient (Wildman–Crippen LogP) is 3.12. The first-order valence-electron chi connectivity index (χ1n) is 6.71. The molecule has 1 aromatic rings. The van der Waals surface area contributed by atoms with E-state index in [0.717, 1.165) is 17.9 Å². The molecule has 0 aromatic heterocycles. The zero-order valence-corrected chi connectivity index (χ0v) is 12.5. The number of carbonyl (C=O) groups is 1. The molecule has 106 valence electrons. The van der Waals surface area contributed by atoms with Gasteiger partial charge in [-0.2, -0.15) is 0 Å². The van der Waals surface area contributed by atoms with Crippen LogP contribution >= 0.6 is 11.8 Å². The van der Waals surface area contributed by atoms with Gasteiger partial charge in [0.2, 0.25) is 0 Å². The van der Waals surface area contributed by atoms with Crippen LogP contribution in [0.2, 0.25) is 0 Å². The number of benzene rings is 1. The highest BCUT2D eigenvalue weighted by Crippen LogP contribution is 2.20. The monoisotopic (exact) mass is 281 g/mol. The number of carboxylic acid groups (broad SMARTS) is 1. The first-order chi connectivity index (χ1) is 9.09. The highest BCUT2D eigenvalue weighted by molar-refractivity contribution is 7.99. The Kier molecular flexibility index (Phi) is 7.60. The van der Waals surface area contributed by atoms with Gasteiger partial charge >= 0.3 is 5.97 Å². The minimum absolute atomic E-state index is 0.336. The Morgan fingerprint density at radius 3 is 2.58 bits per heavy atom. The van der Waals surface area contributed by atoms with Crippen molar-refractivity contribution in [2.45, 2.75) is 25.2 Å². The van der Waals surface area contributed by atoms with Crippen molar-refractivity contribution in [3.8, 4) is 0 Å². The summed E-state index contributed by atoms with van der Waals surface area (Å²) in [7, 11) is 0. The standard InChI is InChI=1S/C15H23NO2S/c1-12(2)8-9-16-10-13(15(17)18)11-19-14-6-4-3-5-7-14/h3-7,12-13,16H,8-11H2,1-2H3,(H,17,18). The van der Waals surface area contributed by atoms with Gasteiger partial charge in [0.05, 0.1) is 5.92 Å². The molecule has 0 aliphatic rings. The van der Waals surface area contributed by atoms with Crippen LogP contribution in [0.4, 0.5) is 0 Å². The molecule has 1 atom stereocenters. The minimum atomic E-state index is -0.722. The van der Waals surface area contributed by atoms with E-state index >= 15 is 0 Å². The Bertz CT molecular complexity index is 368. The zero-order valence-electron chi connectivity index (χ0n) is 11.6. The summed E-state index contributed by atoms with van der Waals surface area (Å²) in [5.41, 5.74) is 0. The summed E-state index contributed by atoms with van der Waals surface area (Å²) in [5, 5.41) is 12.4. The van der Waals surface area contributed by atoms with Crippen molar-refractivity contribution in [3.05, 3.63) is 30.3 Å². The average Bonchev–Trinajstić information content (AvgIpc) is 2.38. The number of hydrogen-bond donors (Lipinski definition) is 2. The number of rotatable bonds is 9. The molecule has 0 saturated carbocycles. The molecular formula is C15H23NO2S. The van der Waals surface area contributed by atoms with Gasteiger partial charge < -0.3 is 10.4 Å². The Labute approximate surface area is 119 Å². The Morgan fingerprint density at radius 1 is 1.32 bits per heavy atom. The largest absolute Gasteiger partial charge is 0.481 e. The van der Waals surface area contributed by atoms with Gasteiger partial charge in [0.25, 0.3) is 0 Å². The van der Waals surface area contributed by atoms with E-state index in [4.69, 9.17) is 0 Å². The second-order valence-electron chi connectivity index (χ2n) is 5.05. The smallest absolute Gasteiger partial charge is 0.308 e. The Morgan fingerprint density at radius 2 is 2.00 bits per heavy atom. The van der Waals surface area contributed by atoms with Crippen LogP contribution in [0.25, 0.3) is 0 Å². The van der Waals surface area contributed by atoms with Crippen LogP contribution in [0.3, 0.4) is 0 Å². The van der Waals surface area contributed by atoms with Crippen molar-refractivity contribution in [3.63, 3.8) is 0 Å². The van der Waals surface area contributed by atoms with Crippen LogP contribution in [-0.2, 0) is 4.79 Å². The van der Waals surface area contributed by atoms with Gasteiger partial charge in [-0.3, -0.25) is 4.79 Å². The molecule has 0 radical (unpaired) electrons. The molecule has 1 aromatic carbocycles. The molecule has 0 heterocycles. The fourth-order valence-corrected chi connectivity index (χ4v) is 2.60. The molecule has 0 fully saturated rings. The van der Waals surface area contributed by atoms with E-state index in [1.807, 2.05) is 30.3 Å². The maximum absolute atomic E-state index is 11.2. The molecule has 0 amide bonds. The van der Waals surface area contributed by atoms with Gasteiger partial charge in [-0.05, 0) is 31.0 Å². The third-order valence-electron chi connectivity index (χ3n) is 2.83. The Hall–Kier alpha value is -1.00. The van der Waals surface area contributed by atoms with Gasteiger partial charge in [-0.1, -0.05) is 32.0 Å². The highest BCUT2D eigenvalue weighted by Gasteiger charge is 2.17. The van der Waals surface area contributed by atoms with Gasteiger partial charge in [0.15, 0.2) is 0 Å². The number of nitrogens with one attached hydrogen (secondary N) is 1. The van der Waals surface area contributed by atoms with E-state index in [1.165, 1.54) is 0 Å². The summed E-state index contributed by atoms with van der Waals surface area (Å²) in [4.78, 5) is 12.3. The number of thioether (sulfide) groups is 1. The number of carboxylic acids is 1. The van der Waals surface area contributed by atoms with Crippen molar-refractivity contribution in [2.24, 2.45) is 11.8 Å². The predicted molar refractivity (Wildman–Crippen MR) is 80.6 cm³/mol. The van der Waals surface area contributed by atoms with Gasteiger partial charge in [-0.25, -0.2) is 0 Å². The average molecular weight is 281 g/mol. The van der Waals surface area contributed by atoms with Crippen molar-refractivity contribution in [1.29, 1.82) is 0 Å². The van der Waals surface area contributed by atoms with E-state index in [1.54, 1.807) is 11.8 Å². The maximum atomic E-state index is 11.2. The lowest BCUT2D eigenvalue weighted by Crippen LogP contribution is -2.31. The van der Waals surface area contributed by atoms with E-state index in [-0.39, 0.29) is 5.92 Å². The van der Waals surface area contributed by atoms with Crippen LogP contribution < -0.4 is 5.32 Å². The molecule has 1 unspecified atom stereocenters. The van der Waals surface area contributed by atoms with E-state index in [2.05, 4.69) is 19.2 Å². The molecule has 0 spiro atoms. The van der Waals surface area contributed by atoms with Gasteiger partial charge in [0, 0.05) is 17.2 Å². The van der Waals surface area contributed by atoms with Crippen LogP contribution in [-0.4, -0.2) is 29.9 Å². The van der Waals surface area contributed by atoms with E-state index < -0.39 is 5.97 Å². The second-order valence-corrected chi connectivity index (χ2v) is 6.14. The third kappa shape index (κ3) is 7.23. The molecule has 2 N–H and O–H groups in total. The quantitative estimate of drug-likeness (QED) is 0.539. The lowest BCUT2D eigenvalue weighted by atomic mass is 10.1. The lowest BCUT2D eigenvalue weighted by molar-refractivity contribution is -0.140. The SMILES string of the molecule is CC(C)CCNCC(CSc1ccccc1)C(=O)O. The third-order valence-corrected chi connectivity index (χ3v) is 4.01. The molecule has 0 bridgehead atoms. The summed E-state index contributed by atoms with van der Waals surface area (Å²) in [6, 6.07) is 9.93. The van der Waals surface area contributed by atoms with Crippen molar-refractivity contribution in [2.75, 3.05) is 18.8 Å². The number of hydrogen-bond acceptors (Lipinski definition) is 3. The normalized spacial score (nSPS) is 12.6. The number of aliphatic carboxylic acids is 1. The molecule has 0 aliphatic carbocycles. The van der Waals surface area contributed by atoms with E-state index in [0.29, 0.717) is 18.2 Å². The van der Waals surface area contributed by atoms with E-state index in [9.17, 15) is 9.90 Å². The summed E-state index contributed by atoms with van der Waals surface area (Å²) in [5.74, 6) is 0.195. The molecule has 19 heavy (non-hydrogen) atoms. The Balaban J connectivity index is 2.30. The summed E-state index contributed by atoms with van der Waals surface area (Å²) in [6.07, 6.45) is 1.08. The molecule has 0 aliphatic heterocycles. The van der Waals surface area contributed by atoms with Gasteiger partial charge in [0.1, 0.15) is 0 Å². The van der Waals surface area contributed by atoms with Crippen LogP contribution in [0.15, 0.2) is 35.2 Å². The van der Waals surface area contributed by atoms with Crippen molar-refractivity contribution >= 4 is 17.7 Å². The topological polar surface area (TPSA) is 49.3 Å². The van der Waals surface area contributed by atoms with Crippen LogP contribution in [0, 0.1) is 11.8 Å². The molecule has 4 heteroatoms. The fourth-order valence-electron chi connectivity index (χ4n) is 1.60. The lowest BCUT2D eigenvalue weighted by Gasteiger charge is -2.13.